The summed E-state index contributed by atoms with van der Waals surface area (Å²) in [5, 5.41) is 19.1. The lowest BCUT2D eigenvalue weighted by Crippen LogP contribution is -2.33. The number of benzene rings is 2. The SMILES string of the molecule is Cc1cc(N(CCC#N)C(=O)CSc2nnc3n(C)c(=O)c4ccccc4n23)ccc1Cl. The molecule has 2 aromatic heterocycles. The summed E-state index contributed by atoms with van der Waals surface area (Å²) in [6, 6.07) is 14.7. The van der Waals surface area contributed by atoms with E-state index in [1.165, 1.54) is 16.3 Å². The highest BCUT2D eigenvalue weighted by atomic mass is 35.5. The van der Waals surface area contributed by atoms with Crippen LogP contribution in [0.1, 0.15) is 12.0 Å². The molecule has 0 fully saturated rings. The van der Waals surface area contributed by atoms with Gasteiger partial charge in [0, 0.05) is 24.3 Å². The molecule has 0 unspecified atom stereocenters. The van der Waals surface area contributed by atoms with Crippen LogP contribution in [0, 0.1) is 18.3 Å². The van der Waals surface area contributed by atoms with Crippen molar-refractivity contribution in [2.24, 2.45) is 7.05 Å². The Morgan fingerprint density at radius 1 is 1.25 bits per heavy atom. The Labute approximate surface area is 193 Å². The molecule has 8 nitrogen and oxygen atoms in total. The Balaban J connectivity index is 1.66. The lowest BCUT2D eigenvalue weighted by Gasteiger charge is -2.22. The Morgan fingerprint density at radius 2 is 2.03 bits per heavy atom. The zero-order chi connectivity index (χ0) is 22.8. The molecule has 0 aliphatic heterocycles. The summed E-state index contributed by atoms with van der Waals surface area (Å²) < 4.78 is 3.22. The van der Waals surface area contributed by atoms with Gasteiger partial charge in [0.05, 0.1) is 29.1 Å². The van der Waals surface area contributed by atoms with Crippen LogP contribution < -0.4 is 10.5 Å². The zero-order valence-corrected chi connectivity index (χ0v) is 19.0. The van der Waals surface area contributed by atoms with Gasteiger partial charge in [-0.1, -0.05) is 35.5 Å². The number of aryl methyl sites for hydroxylation is 2. The fraction of sp³-hybridized carbons (Fsp3) is 0.227. The Kier molecular flexibility index (Phi) is 6.17. The number of para-hydroxylation sites is 1. The molecular formula is C22H19ClN6O2S. The van der Waals surface area contributed by atoms with E-state index >= 15 is 0 Å². The molecule has 2 heterocycles. The first kappa shape index (κ1) is 21.9. The summed E-state index contributed by atoms with van der Waals surface area (Å²) in [4.78, 5) is 27.3. The molecule has 162 valence electrons. The number of nitriles is 1. The number of rotatable bonds is 6. The smallest absolute Gasteiger partial charge is 0.262 e. The van der Waals surface area contributed by atoms with E-state index in [1.807, 2.05) is 25.1 Å². The minimum atomic E-state index is -0.169. The maximum Gasteiger partial charge on any atom is 0.262 e. The molecule has 4 rings (SSSR count). The van der Waals surface area contributed by atoms with E-state index in [-0.39, 0.29) is 30.2 Å². The summed E-state index contributed by atoms with van der Waals surface area (Å²) in [6.45, 7) is 2.14. The molecule has 2 aromatic carbocycles. The Hall–Kier alpha value is -3.35. The van der Waals surface area contributed by atoms with Gasteiger partial charge in [0.1, 0.15) is 0 Å². The number of hydrogen-bond donors (Lipinski definition) is 0. The predicted molar refractivity (Wildman–Crippen MR) is 125 cm³/mol. The second-order valence-electron chi connectivity index (χ2n) is 7.17. The van der Waals surface area contributed by atoms with Gasteiger partial charge in [0.25, 0.3) is 5.56 Å². The number of amides is 1. The molecule has 0 saturated heterocycles. The summed E-state index contributed by atoms with van der Waals surface area (Å²) in [7, 11) is 1.64. The summed E-state index contributed by atoms with van der Waals surface area (Å²) >= 11 is 7.35. The van der Waals surface area contributed by atoms with E-state index in [0.29, 0.717) is 32.5 Å². The lowest BCUT2D eigenvalue weighted by molar-refractivity contribution is -0.116. The lowest BCUT2D eigenvalue weighted by atomic mass is 10.2. The molecule has 4 aromatic rings. The monoisotopic (exact) mass is 466 g/mol. The van der Waals surface area contributed by atoms with E-state index in [9.17, 15) is 9.59 Å². The highest BCUT2D eigenvalue weighted by Gasteiger charge is 2.20. The second-order valence-corrected chi connectivity index (χ2v) is 8.52. The van der Waals surface area contributed by atoms with E-state index in [1.54, 1.807) is 40.6 Å². The number of hydrogen-bond acceptors (Lipinski definition) is 6. The van der Waals surface area contributed by atoms with Gasteiger partial charge >= 0.3 is 0 Å². The van der Waals surface area contributed by atoms with E-state index in [4.69, 9.17) is 16.9 Å². The zero-order valence-electron chi connectivity index (χ0n) is 17.4. The number of thioether (sulfide) groups is 1. The number of fused-ring (bicyclic) bond motifs is 3. The standard InChI is InChI=1S/C22H19ClN6O2S/c1-14-12-15(8-9-17(14)23)28(11-5-10-24)19(30)13-32-22-26-25-21-27(2)20(31)16-6-3-4-7-18(16)29(21)22/h3-4,6-9,12H,5,11,13H2,1-2H3. The highest BCUT2D eigenvalue weighted by molar-refractivity contribution is 7.99. The maximum atomic E-state index is 13.1. The molecule has 0 atom stereocenters. The third-order valence-corrected chi connectivity index (χ3v) is 6.46. The van der Waals surface area contributed by atoms with Gasteiger partial charge in [0.2, 0.25) is 11.7 Å². The Bertz CT molecular complexity index is 1440. The number of carbonyl (C=O) groups excluding carboxylic acids is 1. The van der Waals surface area contributed by atoms with Crippen LogP contribution in [-0.2, 0) is 11.8 Å². The fourth-order valence-corrected chi connectivity index (χ4v) is 4.40. The van der Waals surface area contributed by atoms with Crippen molar-refractivity contribution in [3.63, 3.8) is 0 Å². The molecule has 0 radical (unpaired) electrons. The van der Waals surface area contributed by atoms with Crippen molar-refractivity contribution in [3.8, 4) is 6.07 Å². The van der Waals surface area contributed by atoms with E-state index in [2.05, 4.69) is 16.3 Å². The van der Waals surface area contributed by atoms with Crippen LogP contribution in [-0.4, -0.2) is 37.4 Å². The molecule has 0 bridgehead atoms. The molecule has 0 spiro atoms. The van der Waals surface area contributed by atoms with Crippen LogP contribution in [0.3, 0.4) is 0 Å². The predicted octanol–water partition coefficient (Wildman–Crippen LogP) is 3.58. The first-order valence-electron chi connectivity index (χ1n) is 9.81. The number of anilines is 1. The summed E-state index contributed by atoms with van der Waals surface area (Å²) in [5.74, 6) is 0.321. The topological polar surface area (TPSA) is 96.3 Å². The van der Waals surface area contributed by atoms with E-state index in [0.717, 1.165) is 5.56 Å². The summed E-state index contributed by atoms with van der Waals surface area (Å²) in [5.41, 5.74) is 2.06. The first-order chi connectivity index (χ1) is 15.4. The van der Waals surface area contributed by atoms with Crippen LogP contribution in [0.2, 0.25) is 5.02 Å². The Morgan fingerprint density at radius 3 is 2.78 bits per heavy atom. The molecule has 10 heteroatoms. The highest BCUT2D eigenvalue weighted by Crippen LogP contribution is 2.25. The third-order valence-electron chi connectivity index (χ3n) is 5.12. The normalized spacial score (nSPS) is 11.1. The van der Waals surface area contributed by atoms with Crippen LogP contribution in [0.15, 0.2) is 52.4 Å². The average molecular weight is 467 g/mol. The second kappa shape index (κ2) is 9.02. The average Bonchev–Trinajstić information content (AvgIpc) is 3.23. The van der Waals surface area contributed by atoms with Crippen molar-refractivity contribution in [2.75, 3.05) is 17.2 Å². The molecule has 0 saturated carbocycles. The van der Waals surface area contributed by atoms with Crippen LogP contribution in [0.5, 0.6) is 0 Å². The fourth-order valence-electron chi connectivity index (χ4n) is 3.47. The van der Waals surface area contributed by atoms with Crippen molar-refractivity contribution < 1.29 is 4.79 Å². The van der Waals surface area contributed by atoms with E-state index < -0.39 is 0 Å². The van der Waals surface area contributed by atoms with Gasteiger partial charge in [-0.2, -0.15) is 5.26 Å². The number of nitrogens with zero attached hydrogens (tertiary/aromatic N) is 6. The van der Waals surface area contributed by atoms with Gasteiger partial charge < -0.3 is 4.90 Å². The molecule has 0 N–H and O–H groups in total. The quantitative estimate of drug-likeness (QED) is 0.403. The minimum Gasteiger partial charge on any atom is -0.311 e. The number of halogens is 1. The van der Waals surface area contributed by atoms with Crippen LogP contribution in [0.25, 0.3) is 16.7 Å². The summed E-state index contributed by atoms with van der Waals surface area (Å²) in [6.07, 6.45) is 0.207. The molecule has 1 amide bonds. The third kappa shape index (κ3) is 3.95. The van der Waals surface area contributed by atoms with Gasteiger partial charge in [-0.15, -0.1) is 10.2 Å². The van der Waals surface area contributed by atoms with Gasteiger partial charge in [-0.3, -0.25) is 18.6 Å². The minimum absolute atomic E-state index is 0.0884. The first-order valence-corrected chi connectivity index (χ1v) is 11.2. The molecule has 32 heavy (non-hydrogen) atoms. The number of carbonyl (C=O) groups is 1. The van der Waals surface area contributed by atoms with Crippen LogP contribution >= 0.6 is 23.4 Å². The number of aromatic nitrogens is 4. The molecular weight excluding hydrogens is 448 g/mol. The van der Waals surface area contributed by atoms with Crippen molar-refractivity contribution in [3.05, 3.63) is 63.4 Å². The largest absolute Gasteiger partial charge is 0.311 e. The molecule has 0 aliphatic carbocycles. The van der Waals surface area contributed by atoms with Crippen molar-refractivity contribution in [1.82, 2.24) is 19.2 Å². The van der Waals surface area contributed by atoms with Gasteiger partial charge in [0.15, 0.2) is 5.16 Å². The molecule has 0 aliphatic rings. The van der Waals surface area contributed by atoms with Gasteiger partial charge in [-0.05, 0) is 42.8 Å². The maximum absolute atomic E-state index is 13.1. The van der Waals surface area contributed by atoms with Gasteiger partial charge in [-0.25, -0.2) is 0 Å². The van der Waals surface area contributed by atoms with Crippen LogP contribution in [0.4, 0.5) is 5.69 Å². The van der Waals surface area contributed by atoms with Crippen molar-refractivity contribution in [2.45, 2.75) is 18.5 Å². The van der Waals surface area contributed by atoms with Crippen molar-refractivity contribution in [1.29, 1.82) is 5.26 Å². The van der Waals surface area contributed by atoms with Crippen molar-refractivity contribution >= 4 is 51.6 Å².